The second-order valence-electron chi connectivity index (χ2n) is 3.16. The normalized spacial score (nSPS) is 16.4. The second-order valence-corrected chi connectivity index (χ2v) is 3.16. The number of unbranched alkanes of at least 4 members (excludes halogenated alkanes) is 1. The summed E-state index contributed by atoms with van der Waals surface area (Å²) in [5.41, 5.74) is -0.310. The summed E-state index contributed by atoms with van der Waals surface area (Å²) >= 11 is 0. The summed E-state index contributed by atoms with van der Waals surface area (Å²) in [6.07, 6.45) is 3.09. The Morgan fingerprint density at radius 2 is 2.00 bits per heavy atom. The van der Waals surface area contributed by atoms with Crippen LogP contribution in [0.5, 0.6) is 0 Å². The van der Waals surface area contributed by atoms with E-state index < -0.39 is 0 Å². The highest BCUT2D eigenvalue weighted by molar-refractivity contribution is 4.70. The van der Waals surface area contributed by atoms with Crippen molar-refractivity contribution < 1.29 is 9.84 Å². The van der Waals surface area contributed by atoms with E-state index in [4.69, 9.17) is 9.84 Å². The van der Waals surface area contributed by atoms with E-state index in [1.54, 1.807) is 0 Å². The lowest BCUT2D eigenvalue weighted by molar-refractivity contribution is -0.0697. The third-order valence-electron chi connectivity index (χ3n) is 2.03. The summed E-state index contributed by atoms with van der Waals surface area (Å²) in [5.74, 6) is 0. The summed E-state index contributed by atoms with van der Waals surface area (Å²) < 4.78 is 5.52. The summed E-state index contributed by atoms with van der Waals surface area (Å²) in [6, 6.07) is 0. The van der Waals surface area contributed by atoms with Crippen LogP contribution < -0.4 is 0 Å². The van der Waals surface area contributed by atoms with E-state index in [2.05, 4.69) is 6.92 Å². The van der Waals surface area contributed by atoms with Crippen molar-refractivity contribution in [1.82, 2.24) is 0 Å². The van der Waals surface area contributed by atoms with Crippen LogP contribution in [0.15, 0.2) is 0 Å². The molecule has 1 N–H and O–H groups in total. The predicted molar refractivity (Wildman–Crippen MR) is 46.6 cm³/mol. The molecule has 0 aliphatic carbocycles. The lowest BCUT2D eigenvalue weighted by atomic mass is 10.1. The highest BCUT2D eigenvalue weighted by Gasteiger charge is 2.20. The van der Waals surface area contributed by atoms with E-state index in [0.717, 1.165) is 25.9 Å². The van der Waals surface area contributed by atoms with Gasteiger partial charge in [0.25, 0.3) is 0 Å². The Hall–Kier alpha value is -0.0800. The van der Waals surface area contributed by atoms with E-state index in [0.29, 0.717) is 0 Å². The van der Waals surface area contributed by atoms with Crippen LogP contribution in [-0.2, 0) is 4.74 Å². The van der Waals surface area contributed by atoms with Gasteiger partial charge in [0.05, 0.1) is 12.2 Å². The summed E-state index contributed by atoms with van der Waals surface area (Å²) in [6.45, 7) is 6.99. The number of aliphatic hydroxyl groups excluding tert-OH is 1. The average molecular weight is 160 g/mol. The molecule has 2 heteroatoms. The number of hydrogen-bond acceptors (Lipinski definition) is 2. The maximum absolute atomic E-state index is 8.96. The first-order chi connectivity index (χ1) is 5.18. The molecule has 0 heterocycles. The molecule has 1 atom stereocenters. The van der Waals surface area contributed by atoms with Crippen molar-refractivity contribution in [3.63, 3.8) is 0 Å². The van der Waals surface area contributed by atoms with Gasteiger partial charge >= 0.3 is 0 Å². The van der Waals surface area contributed by atoms with Gasteiger partial charge in [0.1, 0.15) is 0 Å². The monoisotopic (exact) mass is 160 g/mol. The Morgan fingerprint density at radius 1 is 1.36 bits per heavy atom. The topological polar surface area (TPSA) is 29.5 Å². The zero-order valence-electron chi connectivity index (χ0n) is 7.89. The third kappa shape index (κ3) is 4.38. The molecule has 0 aliphatic heterocycles. The lowest BCUT2D eigenvalue weighted by Crippen LogP contribution is -2.32. The maximum atomic E-state index is 8.96. The quantitative estimate of drug-likeness (QED) is 0.602. The minimum atomic E-state index is -0.310. The van der Waals surface area contributed by atoms with Gasteiger partial charge in [-0.3, -0.25) is 0 Å². The molecule has 0 aromatic heterocycles. The van der Waals surface area contributed by atoms with Gasteiger partial charge in [-0.05, 0) is 19.8 Å². The van der Waals surface area contributed by atoms with Crippen LogP contribution in [0.2, 0.25) is 0 Å². The number of aliphatic hydroxyl groups is 1. The summed E-state index contributed by atoms with van der Waals surface area (Å²) in [5, 5.41) is 8.96. The van der Waals surface area contributed by atoms with Crippen LogP contribution in [-0.4, -0.2) is 23.9 Å². The largest absolute Gasteiger partial charge is 0.393 e. The smallest absolute Gasteiger partial charge is 0.0881 e. The van der Waals surface area contributed by atoms with Crippen molar-refractivity contribution in [3.05, 3.63) is 0 Å². The molecule has 11 heavy (non-hydrogen) atoms. The number of rotatable bonds is 6. The van der Waals surface area contributed by atoms with E-state index in [1.165, 1.54) is 0 Å². The molecular weight excluding hydrogens is 140 g/mol. The van der Waals surface area contributed by atoms with E-state index in [1.807, 2.05) is 13.8 Å². The molecule has 0 saturated heterocycles. The fourth-order valence-corrected chi connectivity index (χ4v) is 0.722. The van der Waals surface area contributed by atoms with Crippen molar-refractivity contribution in [3.8, 4) is 0 Å². The molecule has 0 amide bonds. The van der Waals surface area contributed by atoms with Gasteiger partial charge in [0, 0.05) is 6.61 Å². The van der Waals surface area contributed by atoms with Gasteiger partial charge in [-0.1, -0.05) is 20.3 Å². The molecule has 0 aromatic rings. The minimum absolute atomic E-state index is 0.118. The fourth-order valence-electron chi connectivity index (χ4n) is 0.722. The Balaban J connectivity index is 3.51. The molecular formula is C9H20O2. The summed E-state index contributed by atoms with van der Waals surface area (Å²) in [4.78, 5) is 0. The number of ether oxygens (including phenoxy) is 1. The first-order valence-electron chi connectivity index (χ1n) is 4.43. The highest BCUT2D eigenvalue weighted by Crippen LogP contribution is 2.14. The minimum Gasteiger partial charge on any atom is -0.393 e. The molecule has 0 spiro atoms. The number of hydrogen-bond donors (Lipinski definition) is 1. The fraction of sp³-hybridized carbons (Fsp3) is 1.00. The van der Waals surface area contributed by atoms with Gasteiger partial charge in [0.2, 0.25) is 0 Å². The van der Waals surface area contributed by atoms with Gasteiger partial charge in [-0.25, -0.2) is 0 Å². The van der Waals surface area contributed by atoms with Crippen molar-refractivity contribution in [1.29, 1.82) is 0 Å². The molecule has 1 unspecified atom stereocenters. The molecule has 0 radical (unpaired) electrons. The molecule has 0 fully saturated rings. The zero-order chi connectivity index (χ0) is 8.74. The van der Waals surface area contributed by atoms with Crippen LogP contribution in [0.1, 0.15) is 40.0 Å². The van der Waals surface area contributed by atoms with Crippen LogP contribution in [0.3, 0.4) is 0 Å². The van der Waals surface area contributed by atoms with Crippen molar-refractivity contribution in [2.45, 2.75) is 45.6 Å². The average Bonchev–Trinajstić information content (AvgIpc) is 2.05. The molecule has 0 rings (SSSR count). The van der Waals surface area contributed by atoms with Gasteiger partial charge < -0.3 is 9.84 Å². The van der Waals surface area contributed by atoms with Gasteiger partial charge in [0.15, 0.2) is 0 Å². The molecule has 0 aliphatic rings. The van der Waals surface area contributed by atoms with E-state index >= 15 is 0 Å². The van der Waals surface area contributed by atoms with Crippen LogP contribution >= 0.6 is 0 Å². The predicted octanol–water partition coefficient (Wildman–Crippen LogP) is 1.96. The molecule has 0 aromatic carbocycles. The van der Waals surface area contributed by atoms with Crippen LogP contribution in [0.4, 0.5) is 0 Å². The highest BCUT2D eigenvalue weighted by atomic mass is 16.5. The van der Waals surface area contributed by atoms with E-state index in [-0.39, 0.29) is 12.2 Å². The van der Waals surface area contributed by atoms with Crippen LogP contribution in [0.25, 0.3) is 0 Å². The SMILES string of the molecule is CCCCOC(C)(CC)CO. The second kappa shape index (κ2) is 5.56. The van der Waals surface area contributed by atoms with Gasteiger partial charge in [-0.15, -0.1) is 0 Å². The first-order valence-corrected chi connectivity index (χ1v) is 4.43. The first kappa shape index (κ1) is 10.9. The van der Waals surface area contributed by atoms with Gasteiger partial charge in [-0.2, -0.15) is 0 Å². The Bertz CT molecular complexity index is 87.6. The molecule has 2 nitrogen and oxygen atoms in total. The molecule has 0 saturated carbocycles. The molecule has 0 bridgehead atoms. The molecule has 68 valence electrons. The van der Waals surface area contributed by atoms with Crippen molar-refractivity contribution >= 4 is 0 Å². The standard InChI is InChI=1S/C9H20O2/c1-4-6-7-11-9(3,5-2)8-10/h10H,4-8H2,1-3H3. The third-order valence-corrected chi connectivity index (χ3v) is 2.03. The van der Waals surface area contributed by atoms with Crippen LogP contribution in [0, 0.1) is 0 Å². The Labute approximate surface area is 69.6 Å². The van der Waals surface area contributed by atoms with E-state index in [9.17, 15) is 0 Å². The zero-order valence-corrected chi connectivity index (χ0v) is 7.89. The lowest BCUT2D eigenvalue weighted by Gasteiger charge is -2.25. The Morgan fingerprint density at radius 3 is 2.36 bits per heavy atom. The Kier molecular flexibility index (Phi) is 5.51. The van der Waals surface area contributed by atoms with Crippen molar-refractivity contribution in [2.24, 2.45) is 0 Å². The maximum Gasteiger partial charge on any atom is 0.0881 e. The summed E-state index contributed by atoms with van der Waals surface area (Å²) in [7, 11) is 0. The van der Waals surface area contributed by atoms with Crippen molar-refractivity contribution in [2.75, 3.05) is 13.2 Å².